The van der Waals surface area contributed by atoms with E-state index >= 15 is 0 Å². The van der Waals surface area contributed by atoms with Crippen LogP contribution in [0.15, 0.2) is 11.0 Å². The molecule has 0 aromatic heterocycles. The van der Waals surface area contributed by atoms with Crippen LogP contribution < -0.4 is 0 Å². The van der Waals surface area contributed by atoms with E-state index in [2.05, 4.69) is 4.90 Å². The fourth-order valence-corrected chi connectivity index (χ4v) is 5.92. The number of amides is 1. The quantitative estimate of drug-likeness (QED) is 0.744. The molecule has 1 aromatic carbocycles. The molecule has 0 atom stereocenters. The van der Waals surface area contributed by atoms with E-state index in [4.69, 9.17) is 4.74 Å². The van der Waals surface area contributed by atoms with Gasteiger partial charge in [0.1, 0.15) is 0 Å². The van der Waals surface area contributed by atoms with Gasteiger partial charge in [-0.3, -0.25) is 9.69 Å². The smallest absolute Gasteiger partial charge is 0.243 e. The van der Waals surface area contributed by atoms with Gasteiger partial charge in [-0.15, -0.1) is 0 Å². The monoisotopic (exact) mass is 409 g/mol. The molecular formula is C20H31N3O4S. The van der Waals surface area contributed by atoms with Gasteiger partial charge in [-0.25, -0.2) is 8.42 Å². The van der Waals surface area contributed by atoms with E-state index in [-0.39, 0.29) is 5.91 Å². The summed E-state index contributed by atoms with van der Waals surface area (Å²) in [6.45, 7) is 12.4. The summed E-state index contributed by atoms with van der Waals surface area (Å²) in [5.74, 6) is 0.0673. The standard InChI is InChI=1S/C20H31N3O4S/c1-15-13-16(2)18(4)20(17(15)3)28(25,26)23-7-5-22(6-8-23)19(24)14-21-9-11-27-12-10-21/h13H,5-12,14H2,1-4H3. The molecule has 8 heteroatoms. The molecule has 156 valence electrons. The summed E-state index contributed by atoms with van der Waals surface area (Å²) in [4.78, 5) is 16.9. The normalized spacial score (nSPS) is 19.8. The second-order valence-corrected chi connectivity index (χ2v) is 9.64. The number of benzene rings is 1. The Balaban J connectivity index is 1.68. The second-order valence-electron chi connectivity index (χ2n) is 7.76. The third kappa shape index (κ3) is 4.25. The number of hydrogen-bond donors (Lipinski definition) is 0. The molecule has 2 aliphatic rings. The Labute approximate surface area is 168 Å². The van der Waals surface area contributed by atoms with E-state index in [1.54, 1.807) is 4.90 Å². The molecule has 0 aliphatic carbocycles. The Kier molecular flexibility index (Phi) is 6.44. The summed E-state index contributed by atoms with van der Waals surface area (Å²) in [6.07, 6.45) is 0. The molecule has 1 aromatic rings. The van der Waals surface area contributed by atoms with Crippen LogP contribution in [0, 0.1) is 27.7 Å². The molecule has 2 fully saturated rings. The van der Waals surface area contributed by atoms with Gasteiger partial charge in [-0.05, 0) is 49.9 Å². The maximum absolute atomic E-state index is 13.3. The number of carbonyl (C=O) groups is 1. The van der Waals surface area contributed by atoms with E-state index in [0.717, 1.165) is 35.3 Å². The van der Waals surface area contributed by atoms with Crippen LogP contribution in [0.1, 0.15) is 22.3 Å². The Hall–Kier alpha value is -1.48. The van der Waals surface area contributed by atoms with Crippen LogP contribution >= 0.6 is 0 Å². The first-order valence-electron chi connectivity index (χ1n) is 9.87. The molecule has 28 heavy (non-hydrogen) atoms. The lowest BCUT2D eigenvalue weighted by atomic mass is 10.0. The zero-order chi connectivity index (χ0) is 20.5. The van der Waals surface area contributed by atoms with Gasteiger partial charge in [0.25, 0.3) is 0 Å². The number of carbonyl (C=O) groups excluding carboxylic acids is 1. The van der Waals surface area contributed by atoms with Crippen molar-refractivity contribution in [2.75, 3.05) is 59.0 Å². The Bertz CT molecular complexity index is 813. The van der Waals surface area contributed by atoms with Gasteiger partial charge < -0.3 is 9.64 Å². The third-order valence-electron chi connectivity index (χ3n) is 5.95. The summed E-state index contributed by atoms with van der Waals surface area (Å²) < 4.78 is 33.5. The van der Waals surface area contributed by atoms with Gasteiger partial charge in [0.15, 0.2) is 0 Å². The molecule has 0 unspecified atom stereocenters. The summed E-state index contributed by atoms with van der Waals surface area (Å²) in [5.41, 5.74) is 3.60. The highest BCUT2D eigenvalue weighted by Crippen LogP contribution is 2.29. The SMILES string of the molecule is Cc1cc(C)c(C)c(S(=O)(=O)N2CCN(C(=O)CN3CCOCC3)CC2)c1C. The summed E-state index contributed by atoms with van der Waals surface area (Å²) >= 11 is 0. The zero-order valence-electron chi connectivity index (χ0n) is 17.3. The van der Waals surface area contributed by atoms with Gasteiger partial charge in [-0.2, -0.15) is 4.31 Å². The van der Waals surface area contributed by atoms with E-state index in [0.29, 0.717) is 50.8 Å². The van der Waals surface area contributed by atoms with E-state index in [9.17, 15) is 13.2 Å². The molecule has 2 saturated heterocycles. The fraction of sp³-hybridized carbons (Fsp3) is 0.650. The lowest BCUT2D eigenvalue weighted by Gasteiger charge is -2.36. The van der Waals surface area contributed by atoms with Crippen molar-refractivity contribution < 1.29 is 17.9 Å². The second kappa shape index (κ2) is 8.49. The maximum Gasteiger partial charge on any atom is 0.243 e. The van der Waals surface area contributed by atoms with E-state index in [1.807, 2.05) is 33.8 Å². The third-order valence-corrected chi connectivity index (χ3v) is 8.12. The number of aryl methyl sites for hydroxylation is 2. The summed E-state index contributed by atoms with van der Waals surface area (Å²) in [7, 11) is -3.58. The average Bonchev–Trinajstić information content (AvgIpc) is 2.67. The van der Waals surface area contributed by atoms with E-state index in [1.165, 1.54) is 4.31 Å². The minimum atomic E-state index is -3.58. The number of nitrogens with zero attached hydrogens (tertiary/aromatic N) is 3. The lowest BCUT2D eigenvalue weighted by molar-refractivity contribution is -0.134. The highest BCUT2D eigenvalue weighted by Gasteiger charge is 2.33. The van der Waals surface area contributed by atoms with Crippen LogP contribution in [0.25, 0.3) is 0 Å². The van der Waals surface area contributed by atoms with Crippen molar-refractivity contribution in [2.24, 2.45) is 0 Å². The number of hydrogen-bond acceptors (Lipinski definition) is 5. The molecule has 0 bridgehead atoms. The van der Waals surface area contributed by atoms with Crippen molar-refractivity contribution in [1.82, 2.24) is 14.1 Å². The zero-order valence-corrected chi connectivity index (χ0v) is 18.1. The van der Waals surface area contributed by atoms with Crippen molar-refractivity contribution in [1.29, 1.82) is 0 Å². The first kappa shape index (κ1) is 21.2. The van der Waals surface area contributed by atoms with Crippen molar-refractivity contribution in [3.8, 4) is 0 Å². The lowest BCUT2D eigenvalue weighted by Crippen LogP contribution is -2.53. The maximum atomic E-state index is 13.3. The highest BCUT2D eigenvalue weighted by atomic mass is 32.2. The molecule has 1 amide bonds. The number of ether oxygens (including phenoxy) is 1. The van der Waals surface area contributed by atoms with Crippen molar-refractivity contribution in [3.63, 3.8) is 0 Å². The summed E-state index contributed by atoms with van der Waals surface area (Å²) in [6, 6.07) is 2.03. The van der Waals surface area contributed by atoms with Gasteiger partial charge in [0.05, 0.1) is 24.7 Å². The molecule has 0 spiro atoms. The van der Waals surface area contributed by atoms with Crippen LogP contribution in [-0.4, -0.2) is 87.5 Å². The molecule has 2 heterocycles. The van der Waals surface area contributed by atoms with Crippen LogP contribution in [0.5, 0.6) is 0 Å². The molecule has 3 rings (SSSR count). The predicted molar refractivity (Wildman–Crippen MR) is 108 cm³/mol. The molecule has 0 radical (unpaired) electrons. The van der Waals surface area contributed by atoms with Crippen molar-refractivity contribution >= 4 is 15.9 Å². The minimum absolute atomic E-state index is 0.0673. The van der Waals surface area contributed by atoms with Crippen LogP contribution in [-0.2, 0) is 19.6 Å². The molecule has 7 nitrogen and oxygen atoms in total. The van der Waals surface area contributed by atoms with Crippen molar-refractivity contribution in [2.45, 2.75) is 32.6 Å². The molecule has 2 aliphatic heterocycles. The largest absolute Gasteiger partial charge is 0.379 e. The fourth-order valence-electron chi connectivity index (χ4n) is 3.93. The highest BCUT2D eigenvalue weighted by molar-refractivity contribution is 7.89. The molecule has 0 saturated carbocycles. The molecule has 0 N–H and O–H groups in total. The number of piperazine rings is 1. The van der Waals surface area contributed by atoms with Gasteiger partial charge in [0.2, 0.25) is 15.9 Å². The minimum Gasteiger partial charge on any atom is -0.379 e. The van der Waals surface area contributed by atoms with E-state index < -0.39 is 10.0 Å². The van der Waals surface area contributed by atoms with Crippen LogP contribution in [0.4, 0.5) is 0 Å². The predicted octanol–water partition coefficient (Wildman–Crippen LogP) is 1.09. The Morgan fingerprint density at radius 3 is 2.00 bits per heavy atom. The topological polar surface area (TPSA) is 70.2 Å². The Morgan fingerprint density at radius 1 is 0.929 bits per heavy atom. The first-order chi connectivity index (χ1) is 13.2. The van der Waals surface area contributed by atoms with Gasteiger partial charge in [-0.1, -0.05) is 6.07 Å². The van der Waals surface area contributed by atoms with Gasteiger partial charge in [0, 0.05) is 39.3 Å². The summed E-state index contributed by atoms with van der Waals surface area (Å²) in [5, 5.41) is 0. The average molecular weight is 410 g/mol. The molecular weight excluding hydrogens is 378 g/mol. The number of rotatable bonds is 4. The number of sulfonamides is 1. The van der Waals surface area contributed by atoms with Crippen molar-refractivity contribution in [3.05, 3.63) is 28.3 Å². The van der Waals surface area contributed by atoms with Crippen LogP contribution in [0.3, 0.4) is 0 Å². The first-order valence-corrected chi connectivity index (χ1v) is 11.3. The van der Waals surface area contributed by atoms with Gasteiger partial charge >= 0.3 is 0 Å². The Morgan fingerprint density at radius 2 is 1.46 bits per heavy atom. The van der Waals surface area contributed by atoms with Crippen LogP contribution in [0.2, 0.25) is 0 Å². The number of morpholine rings is 1.